The zero-order valence-corrected chi connectivity index (χ0v) is 18.8. The first-order chi connectivity index (χ1) is 15.7. The van der Waals surface area contributed by atoms with E-state index in [2.05, 4.69) is 4.98 Å². The molecule has 0 aliphatic carbocycles. The number of nitrogens with zero attached hydrogens (tertiary/aromatic N) is 2. The highest BCUT2D eigenvalue weighted by molar-refractivity contribution is 7.94. The van der Waals surface area contributed by atoms with Crippen LogP contribution in [0.15, 0.2) is 66.9 Å². The number of amides is 1. The summed E-state index contributed by atoms with van der Waals surface area (Å²) in [6.07, 6.45) is 1.94. The van der Waals surface area contributed by atoms with Gasteiger partial charge < -0.3 is 19.1 Å². The number of benzene rings is 2. The van der Waals surface area contributed by atoms with Gasteiger partial charge in [0.25, 0.3) is 0 Å². The van der Waals surface area contributed by atoms with Crippen LogP contribution in [0.2, 0.25) is 0 Å². The van der Waals surface area contributed by atoms with Crippen LogP contribution in [0.5, 0.6) is 23.1 Å². The van der Waals surface area contributed by atoms with E-state index in [9.17, 15) is 8.68 Å². The van der Waals surface area contributed by atoms with E-state index in [1.807, 2.05) is 31.2 Å². The van der Waals surface area contributed by atoms with E-state index >= 15 is 0 Å². The Kier molecular flexibility index (Phi) is 8.74. The van der Waals surface area contributed by atoms with Crippen LogP contribution in [0.25, 0.3) is 0 Å². The molecule has 3 aromatic rings. The molecule has 168 valence electrons. The fourth-order valence-corrected chi connectivity index (χ4v) is 3.22. The summed E-state index contributed by atoms with van der Waals surface area (Å²) in [6, 6.07) is 18.1. The number of hydrogen-bond donors (Lipinski definition) is 0. The summed E-state index contributed by atoms with van der Waals surface area (Å²) >= 11 is 0.239. The van der Waals surface area contributed by atoms with Crippen LogP contribution < -0.4 is 19.1 Å². The number of halogens is 1. The SMILES string of the molecule is CCC(=O)N(Cc1ccccc1OC)c1cccnc1Oc1ccc(OCCSF)cc1. The molecule has 0 bridgehead atoms. The minimum absolute atomic E-state index is 0.0664. The maximum atomic E-state index is 12.8. The lowest BCUT2D eigenvalue weighted by Gasteiger charge is -2.25. The molecule has 2 aromatic carbocycles. The second-order valence-corrected chi connectivity index (χ2v) is 7.33. The molecule has 0 spiro atoms. The molecule has 0 aliphatic rings. The standard InChI is InChI=1S/C24H25FN2O4S/c1-3-23(28)27(17-18-7-4-5-9-22(18)29-2)21-8-6-14-26-24(21)31-20-12-10-19(11-13-20)30-15-16-32-25/h4-14H,3,15-17H2,1-2H3. The summed E-state index contributed by atoms with van der Waals surface area (Å²) in [5.74, 6) is 2.37. The molecule has 0 aliphatic heterocycles. The molecule has 0 saturated carbocycles. The maximum absolute atomic E-state index is 12.8. The van der Waals surface area contributed by atoms with E-state index in [0.29, 0.717) is 41.8 Å². The second-order valence-electron chi connectivity index (χ2n) is 6.71. The van der Waals surface area contributed by atoms with E-state index in [4.69, 9.17) is 14.2 Å². The van der Waals surface area contributed by atoms with Crippen molar-refractivity contribution in [2.45, 2.75) is 19.9 Å². The molecule has 0 N–H and O–H groups in total. The van der Waals surface area contributed by atoms with Crippen molar-refractivity contribution in [1.29, 1.82) is 0 Å². The quantitative estimate of drug-likeness (QED) is 0.339. The number of ether oxygens (including phenoxy) is 3. The third kappa shape index (κ3) is 6.13. The Morgan fingerprint density at radius 3 is 2.53 bits per heavy atom. The Labute approximate surface area is 191 Å². The Balaban J connectivity index is 1.84. The number of carbonyl (C=O) groups excluding carboxylic acids is 1. The van der Waals surface area contributed by atoms with Gasteiger partial charge in [-0.05, 0) is 42.5 Å². The third-order valence-corrected chi connectivity index (χ3v) is 4.95. The van der Waals surface area contributed by atoms with Crippen LogP contribution >= 0.6 is 12.1 Å². The van der Waals surface area contributed by atoms with Gasteiger partial charge in [-0.25, -0.2) is 4.98 Å². The number of rotatable bonds is 11. The Morgan fingerprint density at radius 2 is 1.81 bits per heavy atom. The van der Waals surface area contributed by atoms with Crippen LogP contribution in [0, 0.1) is 0 Å². The molecule has 1 aromatic heterocycles. The highest BCUT2D eigenvalue weighted by Crippen LogP contribution is 2.33. The van der Waals surface area contributed by atoms with Gasteiger partial charge in [0.05, 0.1) is 26.0 Å². The topological polar surface area (TPSA) is 60.9 Å². The van der Waals surface area contributed by atoms with Gasteiger partial charge in [0.1, 0.15) is 22.9 Å². The molecular weight excluding hydrogens is 431 g/mol. The lowest BCUT2D eigenvalue weighted by atomic mass is 10.1. The van der Waals surface area contributed by atoms with E-state index < -0.39 is 0 Å². The van der Waals surface area contributed by atoms with Crippen molar-refractivity contribution >= 4 is 23.7 Å². The lowest BCUT2D eigenvalue weighted by Crippen LogP contribution is -2.30. The highest BCUT2D eigenvalue weighted by Gasteiger charge is 2.21. The minimum atomic E-state index is -0.0664. The van der Waals surface area contributed by atoms with Crippen LogP contribution in [-0.2, 0) is 11.3 Å². The number of aromatic nitrogens is 1. The zero-order valence-electron chi connectivity index (χ0n) is 18.0. The number of para-hydroxylation sites is 1. The summed E-state index contributed by atoms with van der Waals surface area (Å²) in [7, 11) is 1.60. The average molecular weight is 457 g/mol. The number of carbonyl (C=O) groups is 1. The van der Waals surface area contributed by atoms with Crippen LogP contribution in [-0.4, -0.2) is 30.4 Å². The molecule has 0 fully saturated rings. The van der Waals surface area contributed by atoms with Gasteiger partial charge in [0, 0.05) is 30.3 Å². The van der Waals surface area contributed by atoms with Crippen molar-refractivity contribution in [2.75, 3.05) is 24.4 Å². The van der Waals surface area contributed by atoms with Crippen molar-refractivity contribution in [3.63, 3.8) is 0 Å². The normalized spacial score (nSPS) is 10.5. The van der Waals surface area contributed by atoms with Gasteiger partial charge in [-0.1, -0.05) is 25.1 Å². The molecule has 3 rings (SSSR count). The highest BCUT2D eigenvalue weighted by atomic mass is 32.2. The summed E-state index contributed by atoms with van der Waals surface area (Å²) in [6.45, 7) is 2.41. The van der Waals surface area contributed by atoms with Gasteiger partial charge in [-0.2, -0.15) is 3.89 Å². The summed E-state index contributed by atoms with van der Waals surface area (Å²) in [5.41, 5.74) is 1.44. The second kappa shape index (κ2) is 12.0. The van der Waals surface area contributed by atoms with Crippen LogP contribution in [0.4, 0.5) is 9.57 Å². The zero-order chi connectivity index (χ0) is 22.8. The molecule has 6 nitrogen and oxygen atoms in total. The first-order valence-corrected chi connectivity index (χ1v) is 11.1. The summed E-state index contributed by atoms with van der Waals surface area (Å²) < 4.78 is 29.0. The van der Waals surface area contributed by atoms with Crippen molar-refractivity contribution in [2.24, 2.45) is 0 Å². The molecule has 0 unspecified atom stereocenters. The van der Waals surface area contributed by atoms with Crippen molar-refractivity contribution in [3.8, 4) is 23.1 Å². The molecule has 0 atom stereocenters. The molecule has 0 saturated heterocycles. The molecule has 1 amide bonds. The first-order valence-electron chi connectivity index (χ1n) is 10.2. The van der Waals surface area contributed by atoms with Crippen molar-refractivity contribution < 1.29 is 22.9 Å². The minimum Gasteiger partial charge on any atom is -0.496 e. The Bertz CT molecular complexity index is 1020. The van der Waals surface area contributed by atoms with Gasteiger partial charge in [0.2, 0.25) is 11.8 Å². The van der Waals surface area contributed by atoms with Crippen molar-refractivity contribution in [3.05, 3.63) is 72.4 Å². The van der Waals surface area contributed by atoms with Gasteiger partial charge in [-0.15, -0.1) is 0 Å². The third-order valence-electron chi connectivity index (χ3n) is 4.63. The van der Waals surface area contributed by atoms with Crippen LogP contribution in [0.3, 0.4) is 0 Å². The monoisotopic (exact) mass is 456 g/mol. The Hall–Kier alpha value is -3.26. The number of anilines is 1. The Morgan fingerprint density at radius 1 is 1.06 bits per heavy atom. The number of hydrogen-bond acceptors (Lipinski definition) is 6. The van der Waals surface area contributed by atoms with Crippen LogP contribution in [0.1, 0.15) is 18.9 Å². The van der Waals surface area contributed by atoms with Gasteiger partial charge in [0.15, 0.2) is 0 Å². The fraction of sp³-hybridized carbons (Fsp3) is 0.250. The molecule has 8 heteroatoms. The van der Waals surface area contributed by atoms with Crippen molar-refractivity contribution in [1.82, 2.24) is 4.98 Å². The van der Waals surface area contributed by atoms with E-state index in [1.54, 1.807) is 54.6 Å². The molecule has 32 heavy (non-hydrogen) atoms. The largest absolute Gasteiger partial charge is 0.496 e. The first kappa shape index (κ1) is 23.4. The number of methoxy groups -OCH3 is 1. The molecule has 0 radical (unpaired) electrons. The molecular formula is C24H25FN2O4S. The van der Waals surface area contributed by atoms with Gasteiger partial charge >= 0.3 is 0 Å². The summed E-state index contributed by atoms with van der Waals surface area (Å²) in [5, 5.41) is 0. The predicted molar refractivity (Wildman–Crippen MR) is 124 cm³/mol. The summed E-state index contributed by atoms with van der Waals surface area (Å²) in [4.78, 5) is 18.8. The number of pyridine rings is 1. The smallest absolute Gasteiger partial charge is 0.243 e. The van der Waals surface area contributed by atoms with Gasteiger partial charge in [-0.3, -0.25) is 4.79 Å². The molecule has 1 heterocycles. The average Bonchev–Trinajstić information content (AvgIpc) is 2.84. The van der Waals surface area contributed by atoms with E-state index in [-0.39, 0.29) is 30.4 Å². The lowest BCUT2D eigenvalue weighted by molar-refractivity contribution is -0.118. The van der Waals surface area contributed by atoms with E-state index in [0.717, 1.165) is 5.56 Å². The fourth-order valence-electron chi connectivity index (χ4n) is 3.08. The maximum Gasteiger partial charge on any atom is 0.243 e. The van der Waals surface area contributed by atoms with E-state index in [1.165, 1.54) is 0 Å². The predicted octanol–water partition coefficient (Wildman–Crippen LogP) is 5.82.